The number of para-hydroxylation sites is 1. The highest BCUT2D eigenvalue weighted by atomic mass is 19.4. The fourth-order valence-electron chi connectivity index (χ4n) is 4.54. The van der Waals surface area contributed by atoms with Crippen molar-refractivity contribution < 1.29 is 41.8 Å². The predicted molar refractivity (Wildman–Crippen MR) is 130 cm³/mol. The van der Waals surface area contributed by atoms with Crippen molar-refractivity contribution in [3.05, 3.63) is 82.7 Å². The maximum Gasteiger partial charge on any atom is 0.573 e. The fraction of sp³-hybridized carbons (Fsp3) is 0.250. The summed E-state index contributed by atoms with van der Waals surface area (Å²) in [6, 6.07) is 13.8. The molecule has 0 spiro atoms. The number of carboxylic acids is 1. The Morgan fingerprint density at radius 1 is 1.05 bits per heavy atom. The van der Waals surface area contributed by atoms with E-state index >= 15 is 0 Å². The van der Waals surface area contributed by atoms with E-state index in [9.17, 15) is 23.1 Å². The lowest BCUT2D eigenvalue weighted by atomic mass is 10.0. The molecule has 39 heavy (non-hydrogen) atoms. The molecule has 1 aliphatic heterocycles. The summed E-state index contributed by atoms with van der Waals surface area (Å²) in [5.41, 5.74) is 2.53. The van der Waals surface area contributed by atoms with Crippen molar-refractivity contribution in [2.45, 2.75) is 44.6 Å². The van der Waals surface area contributed by atoms with Crippen LogP contribution in [-0.4, -0.2) is 27.6 Å². The number of alkyl halides is 3. The Hall–Kier alpha value is -4.54. The van der Waals surface area contributed by atoms with Crippen molar-refractivity contribution in [3.8, 4) is 34.4 Å². The zero-order chi connectivity index (χ0) is 27.1. The quantitative estimate of drug-likeness (QED) is 0.278. The van der Waals surface area contributed by atoms with Crippen LogP contribution in [0.15, 0.2) is 59.1 Å². The van der Waals surface area contributed by atoms with E-state index in [0.29, 0.717) is 47.2 Å². The largest absolute Gasteiger partial charge is 0.573 e. The Balaban J connectivity index is 1.26. The molecule has 1 fully saturated rings. The van der Waals surface area contributed by atoms with Crippen molar-refractivity contribution in [2.75, 3.05) is 0 Å². The van der Waals surface area contributed by atoms with E-state index in [1.807, 2.05) is 0 Å². The molecule has 3 heterocycles. The Bertz CT molecular complexity index is 1560. The molecule has 6 rings (SSSR count). The number of pyridine rings is 1. The fourth-order valence-corrected chi connectivity index (χ4v) is 4.54. The lowest BCUT2D eigenvalue weighted by molar-refractivity contribution is -0.274. The molecule has 0 atom stereocenters. The molecule has 1 saturated carbocycles. The normalized spacial score (nSPS) is 14.5. The highest BCUT2D eigenvalue weighted by Gasteiger charge is 2.36. The van der Waals surface area contributed by atoms with Crippen molar-refractivity contribution in [1.82, 2.24) is 10.1 Å². The van der Waals surface area contributed by atoms with Gasteiger partial charge in [-0.15, -0.1) is 13.2 Å². The van der Waals surface area contributed by atoms with Gasteiger partial charge in [-0.05, 0) is 61.6 Å². The Morgan fingerprint density at radius 2 is 1.87 bits per heavy atom. The molecule has 0 saturated heterocycles. The Labute approximate surface area is 219 Å². The average molecular weight is 538 g/mol. The average Bonchev–Trinajstić information content (AvgIpc) is 3.68. The molecule has 2 aliphatic rings. The summed E-state index contributed by atoms with van der Waals surface area (Å²) in [5, 5.41) is 13.4. The zero-order valence-electron chi connectivity index (χ0n) is 20.3. The van der Waals surface area contributed by atoms with Crippen molar-refractivity contribution >= 4 is 5.97 Å². The number of hydrogen-bond acceptors (Lipinski definition) is 7. The van der Waals surface area contributed by atoms with Gasteiger partial charge in [0.15, 0.2) is 0 Å². The van der Waals surface area contributed by atoms with Gasteiger partial charge in [-0.1, -0.05) is 23.4 Å². The summed E-state index contributed by atoms with van der Waals surface area (Å²) in [6.07, 6.45) is -1.95. The molecule has 2 aromatic heterocycles. The lowest BCUT2D eigenvalue weighted by Gasteiger charge is -2.13. The molecule has 2 aromatic carbocycles. The first-order valence-electron chi connectivity index (χ1n) is 12.3. The second-order valence-corrected chi connectivity index (χ2v) is 9.30. The van der Waals surface area contributed by atoms with Crippen LogP contribution in [0.5, 0.6) is 23.1 Å². The third kappa shape index (κ3) is 5.25. The highest BCUT2D eigenvalue weighted by molar-refractivity contribution is 5.88. The summed E-state index contributed by atoms with van der Waals surface area (Å²) in [7, 11) is 0. The van der Waals surface area contributed by atoms with Crippen LogP contribution < -0.4 is 14.2 Å². The summed E-state index contributed by atoms with van der Waals surface area (Å²) in [5.74, 6) is 0.533. The number of benzene rings is 2. The van der Waals surface area contributed by atoms with Gasteiger partial charge in [-0.3, -0.25) is 0 Å². The van der Waals surface area contributed by atoms with E-state index in [1.54, 1.807) is 24.3 Å². The lowest BCUT2D eigenvalue weighted by Crippen LogP contribution is -2.17. The number of ether oxygens (including phenoxy) is 3. The predicted octanol–water partition coefficient (Wildman–Crippen LogP) is 6.68. The van der Waals surface area contributed by atoms with Gasteiger partial charge in [0.25, 0.3) is 0 Å². The molecule has 1 aliphatic carbocycles. The standard InChI is InChI=1S/C28H21F3N2O6/c29-28(30,31)38-21-4-2-1-3-18(21)25-19(26(39-33-25)16-6-7-16)14-36-24-12-11-22-20(32-24)10-9-15-5-8-17(27(34)35)13-23(15)37-22/h1-5,8,11-13,16H,6-7,9-10,14H2,(H,34,35). The number of rotatable bonds is 7. The maximum absolute atomic E-state index is 13.0. The van der Waals surface area contributed by atoms with E-state index in [0.717, 1.165) is 18.4 Å². The SMILES string of the molecule is O=C(O)c1ccc2c(c1)Oc1ccc(OCc3c(-c4ccccc4OC(F)(F)F)noc3C3CC3)nc1CC2. The molecule has 0 amide bonds. The molecular formula is C28H21F3N2O6. The molecule has 4 aromatic rings. The third-order valence-corrected chi connectivity index (χ3v) is 6.57. The van der Waals surface area contributed by atoms with Gasteiger partial charge in [0.2, 0.25) is 5.88 Å². The van der Waals surface area contributed by atoms with Crippen LogP contribution in [0.4, 0.5) is 13.2 Å². The Morgan fingerprint density at radius 3 is 2.64 bits per heavy atom. The van der Waals surface area contributed by atoms with Crippen molar-refractivity contribution in [3.63, 3.8) is 0 Å². The summed E-state index contributed by atoms with van der Waals surface area (Å²) in [6.45, 7) is -0.0279. The van der Waals surface area contributed by atoms with Crippen LogP contribution in [0.2, 0.25) is 0 Å². The smallest absolute Gasteiger partial charge is 0.478 e. The summed E-state index contributed by atoms with van der Waals surface area (Å²) >= 11 is 0. The first-order chi connectivity index (χ1) is 18.7. The van der Waals surface area contributed by atoms with Gasteiger partial charge in [0.1, 0.15) is 35.3 Å². The topological polar surface area (TPSA) is 104 Å². The molecule has 0 bridgehead atoms. The van der Waals surface area contributed by atoms with Gasteiger partial charge in [-0.25, -0.2) is 9.78 Å². The van der Waals surface area contributed by atoms with Crippen LogP contribution in [0.3, 0.4) is 0 Å². The molecule has 11 heteroatoms. The number of carboxylic acid groups (broad SMARTS) is 1. The maximum atomic E-state index is 13.0. The molecule has 0 radical (unpaired) electrons. The van der Waals surface area contributed by atoms with Gasteiger partial charge < -0.3 is 23.8 Å². The number of carbonyl (C=O) groups is 1. The van der Waals surface area contributed by atoms with Gasteiger partial charge in [0.05, 0.1) is 16.8 Å². The van der Waals surface area contributed by atoms with Crippen LogP contribution in [-0.2, 0) is 19.4 Å². The van der Waals surface area contributed by atoms with Crippen LogP contribution >= 0.6 is 0 Å². The van der Waals surface area contributed by atoms with Crippen LogP contribution in [0, 0.1) is 0 Å². The minimum atomic E-state index is -4.86. The first-order valence-corrected chi connectivity index (χ1v) is 12.3. The van der Waals surface area contributed by atoms with E-state index in [4.69, 9.17) is 14.0 Å². The van der Waals surface area contributed by atoms with Crippen LogP contribution in [0.25, 0.3) is 11.3 Å². The molecule has 200 valence electrons. The van der Waals surface area contributed by atoms with Crippen molar-refractivity contribution in [2.24, 2.45) is 0 Å². The molecule has 0 unspecified atom stereocenters. The van der Waals surface area contributed by atoms with Gasteiger partial charge in [-0.2, -0.15) is 0 Å². The minimum absolute atomic E-state index is 0.0279. The summed E-state index contributed by atoms with van der Waals surface area (Å²) in [4.78, 5) is 15.9. The summed E-state index contributed by atoms with van der Waals surface area (Å²) < 4.78 is 60.8. The van der Waals surface area contributed by atoms with E-state index in [2.05, 4.69) is 14.9 Å². The number of aryl methyl sites for hydroxylation is 2. The van der Waals surface area contributed by atoms with Crippen LogP contribution in [0.1, 0.15) is 51.7 Å². The minimum Gasteiger partial charge on any atom is -0.478 e. The molecule has 1 N–H and O–H groups in total. The first kappa shape index (κ1) is 24.8. The Kier molecular flexibility index (Phi) is 6.13. The number of aromatic nitrogens is 2. The second kappa shape index (κ2) is 9.64. The zero-order valence-corrected chi connectivity index (χ0v) is 20.3. The molecule has 8 nitrogen and oxygen atoms in total. The van der Waals surface area contributed by atoms with Crippen molar-refractivity contribution in [1.29, 1.82) is 0 Å². The van der Waals surface area contributed by atoms with Gasteiger partial charge in [0, 0.05) is 17.5 Å². The molecular weight excluding hydrogens is 517 g/mol. The highest BCUT2D eigenvalue weighted by Crippen LogP contribution is 2.46. The number of aromatic carboxylic acids is 1. The number of nitrogens with zero attached hydrogens (tertiary/aromatic N) is 2. The van der Waals surface area contributed by atoms with Gasteiger partial charge >= 0.3 is 12.3 Å². The third-order valence-electron chi connectivity index (χ3n) is 6.57. The monoisotopic (exact) mass is 538 g/mol. The number of fused-ring (bicyclic) bond motifs is 2. The number of hydrogen-bond donors (Lipinski definition) is 1. The van der Waals surface area contributed by atoms with E-state index < -0.39 is 12.3 Å². The van der Waals surface area contributed by atoms with E-state index in [-0.39, 0.29) is 35.1 Å². The second-order valence-electron chi connectivity index (χ2n) is 9.30. The number of halogens is 3. The van der Waals surface area contributed by atoms with E-state index in [1.165, 1.54) is 30.3 Å².